The van der Waals surface area contributed by atoms with Gasteiger partial charge in [0.25, 0.3) is 0 Å². The van der Waals surface area contributed by atoms with Crippen molar-refractivity contribution in [3.05, 3.63) is 176 Å². The molecule has 240 valence electrons. The maximum Gasteiger partial charge on any atom is 0.227 e. The van der Waals surface area contributed by atoms with Crippen LogP contribution in [0.15, 0.2) is 180 Å². The van der Waals surface area contributed by atoms with Crippen LogP contribution < -0.4 is 0 Å². The Morgan fingerprint density at radius 3 is 1.04 bits per heavy atom. The zero-order chi connectivity index (χ0) is 34.0. The lowest BCUT2D eigenvalue weighted by molar-refractivity contribution is 0.620. The molecule has 0 aliphatic rings. The van der Waals surface area contributed by atoms with Crippen molar-refractivity contribution in [2.24, 2.45) is 0 Å². The Bertz CT molecular complexity index is 2330. The zero-order valence-corrected chi connectivity index (χ0v) is 27.4. The van der Waals surface area contributed by atoms with Gasteiger partial charge in [0, 0.05) is 38.9 Å². The number of fused-ring (bicyclic) bond motifs is 1. The van der Waals surface area contributed by atoms with Crippen LogP contribution in [-0.4, -0.2) is 24.9 Å². The van der Waals surface area contributed by atoms with Crippen molar-refractivity contribution in [1.29, 1.82) is 0 Å². The number of rotatable bonds is 7. The summed E-state index contributed by atoms with van der Waals surface area (Å²) in [5.74, 6) is 1.62. The maximum absolute atomic E-state index is 6.32. The normalized spacial score (nSPS) is 11.1. The number of aromatic nitrogens is 5. The Kier molecular flexibility index (Phi) is 7.72. The first-order valence-corrected chi connectivity index (χ1v) is 16.8. The Labute approximate surface area is 294 Å². The van der Waals surface area contributed by atoms with E-state index in [0.29, 0.717) is 23.1 Å². The highest BCUT2D eigenvalue weighted by molar-refractivity contribution is 5.82. The molecule has 0 atom stereocenters. The highest BCUT2D eigenvalue weighted by atomic mass is 16.3. The summed E-state index contributed by atoms with van der Waals surface area (Å²) in [5, 5.41) is 0. The highest BCUT2D eigenvalue weighted by Gasteiger charge is 2.18. The van der Waals surface area contributed by atoms with E-state index in [4.69, 9.17) is 29.3 Å². The van der Waals surface area contributed by atoms with Crippen molar-refractivity contribution in [3.8, 4) is 79.3 Å². The second-order valence-electron chi connectivity index (χ2n) is 12.2. The summed E-state index contributed by atoms with van der Waals surface area (Å²) in [5.41, 5.74) is 11.1. The van der Waals surface area contributed by atoms with Gasteiger partial charge < -0.3 is 4.42 Å². The van der Waals surface area contributed by atoms with E-state index in [9.17, 15) is 0 Å². The molecular weight excluding hydrogens is 627 g/mol. The van der Waals surface area contributed by atoms with Gasteiger partial charge in [0.2, 0.25) is 5.89 Å². The van der Waals surface area contributed by atoms with Crippen LogP contribution in [0.4, 0.5) is 0 Å². The van der Waals surface area contributed by atoms with E-state index in [-0.39, 0.29) is 0 Å². The van der Waals surface area contributed by atoms with E-state index in [1.807, 2.05) is 121 Å². The highest BCUT2D eigenvalue weighted by Crippen LogP contribution is 2.35. The number of oxazole rings is 1. The molecule has 6 nitrogen and oxygen atoms in total. The summed E-state index contributed by atoms with van der Waals surface area (Å²) < 4.78 is 6.32. The fourth-order valence-electron chi connectivity index (χ4n) is 6.18. The zero-order valence-electron chi connectivity index (χ0n) is 27.4. The molecule has 9 aromatic rings. The van der Waals surface area contributed by atoms with Crippen molar-refractivity contribution in [1.82, 2.24) is 24.9 Å². The van der Waals surface area contributed by atoms with Gasteiger partial charge in [-0.1, -0.05) is 133 Å². The van der Waals surface area contributed by atoms with Crippen LogP contribution in [-0.2, 0) is 0 Å². The molecule has 0 saturated carbocycles. The van der Waals surface area contributed by atoms with Crippen LogP contribution in [0, 0.1) is 0 Å². The Morgan fingerprint density at radius 2 is 0.647 bits per heavy atom. The predicted molar refractivity (Wildman–Crippen MR) is 203 cm³/mol. The molecule has 0 spiro atoms. The first kappa shape index (κ1) is 30.0. The molecule has 6 aromatic carbocycles. The van der Waals surface area contributed by atoms with E-state index in [2.05, 4.69) is 54.6 Å². The molecule has 9 rings (SSSR count). The molecule has 3 aromatic heterocycles. The van der Waals surface area contributed by atoms with Crippen LogP contribution in [0.25, 0.3) is 90.4 Å². The van der Waals surface area contributed by atoms with Crippen LogP contribution in [0.3, 0.4) is 0 Å². The molecule has 51 heavy (non-hydrogen) atoms. The molecule has 0 fully saturated rings. The molecule has 0 unspecified atom stereocenters. The van der Waals surface area contributed by atoms with Gasteiger partial charge in [-0.25, -0.2) is 24.9 Å². The fraction of sp³-hybridized carbons (Fsp3) is 0. The molecule has 0 N–H and O–H groups in total. The summed E-state index contributed by atoms with van der Waals surface area (Å²) in [7, 11) is 0. The minimum absolute atomic E-state index is 0.490. The van der Waals surface area contributed by atoms with Gasteiger partial charge in [-0.05, 0) is 42.5 Å². The lowest BCUT2D eigenvalue weighted by atomic mass is 10.0. The van der Waals surface area contributed by atoms with Crippen molar-refractivity contribution in [3.63, 3.8) is 0 Å². The van der Waals surface area contributed by atoms with E-state index >= 15 is 0 Å². The largest absolute Gasteiger partial charge is 0.436 e. The van der Waals surface area contributed by atoms with E-state index in [1.54, 1.807) is 0 Å². The standard InChI is InChI=1S/C45H29N5O/c1-5-15-30(16-6-1)38-28-39(31-17-7-2-8-18-31)47-43(46-38)34-25-35(27-36(26-34)45-50-37-23-13-14-24-42(37)51-45)44-48-40(32-19-9-3-10-20-32)29-41(49-44)33-21-11-4-12-22-33/h1-29H. The molecular formula is C45H29N5O. The summed E-state index contributed by atoms with van der Waals surface area (Å²) in [4.78, 5) is 25.4. The minimum atomic E-state index is 0.490. The van der Waals surface area contributed by atoms with Gasteiger partial charge in [0.15, 0.2) is 17.2 Å². The van der Waals surface area contributed by atoms with Gasteiger partial charge >= 0.3 is 0 Å². The third-order valence-corrected chi connectivity index (χ3v) is 8.72. The third-order valence-electron chi connectivity index (χ3n) is 8.72. The summed E-state index contributed by atoms with van der Waals surface area (Å²) in [6.45, 7) is 0. The lowest BCUT2D eigenvalue weighted by Crippen LogP contribution is -1.99. The second-order valence-corrected chi connectivity index (χ2v) is 12.2. The summed E-state index contributed by atoms with van der Waals surface area (Å²) >= 11 is 0. The Hall–Kier alpha value is -7.05. The number of hydrogen-bond acceptors (Lipinski definition) is 6. The second kappa shape index (κ2) is 13.1. The topological polar surface area (TPSA) is 77.6 Å². The number of para-hydroxylation sites is 2. The molecule has 0 radical (unpaired) electrons. The predicted octanol–water partition coefficient (Wildman–Crippen LogP) is 11.1. The molecule has 0 saturated heterocycles. The first-order chi connectivity index (χ1) is 25.2. The van der Waals surface area contributed by atoms with Crippen LogP contribution in [0.1, 0.15) is 0 Å². The lowest BCUT2D eigenvalue weighted by Gasteiger charge is -2.13. The minimum Gasteiger partial charge on any atom is -0.436 e. The number of nitrogens with zero attached hydrogens (tertiary/aromatic N) is 5. The molecule has 6 heteroatoms. The van der Waals surface area contributed by atoms with E-state index < -0.39 is 0 Å². The third kappa shape index (κ3) is 6.18. The number of hydrogen-bond donors (Lipinski definition) is 0. The Morgan fingerprint density at radius 1 is 0.294 bits per heavy atom. The summed E-state index contributed by atoms with van der Waals surface area (Å²) in [6.07, 6.45) is 0. The molecule has 0 bridgehead atoms. The summed E-state index contributed by atoms with van der Waals surface area (Å²) in [6, 6.07) is 58.7. The fourth-order valence-corrected chi connectivity index (χ4v) is 6.18. The Balaban J connectivity index is 1.29. The van der Waals surface area contributed by atoms with Crippen molar-refractivity contribution in [2.45, 2.75) is 0 Å². The van der Waals surface area contributed by atoms with Crippen LogP contribution in [0.5, 0.6) is 0 Å². The van der Waals surface area contributed by atoms with Crippen molar-refractivity contribution < 1.29 is 4.42 Å². The first-order valence-electron chi connectivity index (χ1n) is 16.8. The van der Waals surface area contributed by atoms with Gasteiger partial charge in [-0.15, -0.1) is 0 Å². The molecule has 0 aliphatic carbocycles. The SMILES string of the molecule is c1ccc(-c2cc(-c3ccccc3)nc(-c3cc(-c4nc(-c5ccccc5)cc(-c5ccccc5)n4)cc(-c4nc5ccccc5o4)c3)n2)cc1. The van der Waals surface area contributed by atoms with E-state index in [0.717, 1.165) is 67.2 Å². The average molecular weight is 656 g/mol. The van der Waals surface area contributed by atoms with Gasteiger partial charge in [-0.3, -0.25) is 0 Å². The smallest absolute Gasteiger partial charge is 0.227 e. The van der Waals surface area contributed by atoms with Gasteiger partial charge in [-0.2, -0.15) is 0 Å². The maximum atomic E-state index is 6.32. The van der Waals surface area contributed by atoms with Crippen LogP contribution >= 0.6 is 0 Å². The van der Waals surface area contributed by atoms with Crippen molar-refractivity contribution >= 4 is 11.1 Å². The molecule has 0 amide bonds. The quantitative estimate of drug-likeness (QED) is 0.170. The number of benzene rings is 6. The monoisotopic (exact) mass is 655 g/mol. The van der Waals surface area contributed by atoms with Gasteiger partial charge in [0.1, 0.15) is 5.52 Å². The van der Waals surface area contributed by atoms with E-state index in [1.165, 1.54) is 0 Å². The van der Waals surface area contributed by atoms with Crippen molar-refractivity contribution in [2.75, 3.05) is 0 Å². The van der Waals surface area contributed by atoms with Crippen LogP contribution in [0.2, 0.25) is 0 Å². The molecule has 3 heterocycles. The van der Waals surface area contributed by atoms with Gasteiger partial charge in [0.05, 0.1) is 22.8 Å². The molecule has 0 aliphatic heterocycles. The average Bonchev–Trinajstić information content (AvgIpc) is 3.66.